The summed E-state index contributed by atoms with van der Waals surface area (Å²) in [4.78, 5) is 0. The minimum Gasteiger partial charge on any atom is -0.464 e. The second-order valence-electron chi connectivity index (χ2n) is 7.55. The number of rotatable bonds is 5. The average molecular weight is 388 g/mol. The molecule has 0 unspecified atom stereocenters. The third-order valence-electron chi connectivity index (χ3n) is 5.65. The van der Waals surface area contributed by atoms with E-state index in [2.05, 4.69) is 68.6 Å². The molecule has 0 bridgehead atoms. The molecule has 148 valence electrons. The van der Waals surface area contributed by atoms with Crippen molar-refractivity contribution in [3.63, 3.8) is 0 Å². The fourth-order valence-electron chi connectivity index (χ4n) is 4.22. The summed E-state index contributed by atoms with van der Waals surface area (Å²) in [6.07, 6.45) is 4.04. The van der Waals surface area contributed by atoms with Gasteiger partial charge in [-0.1, -0.05) is 30.3 Å². The van der Waals surface area contributed by atoms with Gasteiger partial charge < -0.3 is 15.1 Å². The van der Waals surface area contributed by atoms with E-state index in [4.69, 9.17) is 4.42 Å². The fraction of sp³-hybridized carbons (Fsp3) is 0.318. The molecule has 0 radical (unpaired) electrons. The van der Waals surface area contributed by atoms with Gasteiger partial charge in [0.1, 0.15) is 5.58 Å². The van der Waals surface area contributed by atoms with Crippen LogP contribution in [0.5, 0.6) is 0 Å². The molecule has 5 rings (SSSR count). The molecule has 2 N–H and O–H groups in total. The maximum absolute atomic E-state index is 5.79. The van der Waals surface area contributed by atoms with Crippen LogP contribution in [0.4, 0.5) is 0 Å². The van der Waals surface area contributed by atoms with E-state index < -0.39 is 0 Å². The van der Waals surface area contributed by atoms with Crippen molar-refractivity contribution < 1.29 is 4.42 Å². The number of aryl methyl sites for hydroxylation is 1. The van der Waals surface area contributed by atoms with Gasteiger partial charge in [0, 0.05) is 29.6 Å². The molecule has 3 heterocycles. The first-order chi connectivity index (χ1) is 14.3. The normalized spacial score (nSPS) is 19.6. The fourth-order valence-corrected chi connectivity index (χ4v) is 4.22. The second-order valence-corrected chi connectivity index (χ2v) is 7.55. The molecular weight excluding hydrogens is 364 g/mol. The lowest BCUT2D eigenvalue weighted by Gasteiger charge is -2.34. The second kappa shape index (κ2) is 7.77. The number of piperidine rings is 1. The number of nitrogens with zero attached hydrogens (tertiary/aromatic N) is 4. The maximum Gasteiger partial charge on any atom is 0.153 e. The topological polar surface area (TPSA) is 80.8 Å². The van der Waals surface area contributed by atoms with Gasteiger partial charge in [-0.25, -0.2) is 0 Å². The number of hydrogen-bond acceptors (Lipinski definition) is 6. The van der Waals surface area contributed by atoms with E-state index in [9.17, 15) is 0 Å². The summed E-state index contributed by atoms with van der Waals surface area (Å²) in [7, 11) is 0. The lowest BCUT2D eigenvalue weighted by Crippen LogP contribution is -2.45. The molecular formula is C22H24N6O. The van der Waals surface area contributed by atoms with Gasteiger partial charge in [-0.05, 0) is 60.5 Å². The maximum atomic E-state index is 5.79. The van der Waals surface area contributed by atoms with E-state index in [1.807, 2.05) is 13.0 Å². The summed E-state index contributed by atoms with van der Waals surface area (Å²) < 4.78 is 7.54. The predicted octanol–water partition coefficient (Wildman–Crippen LogP) is 3.30. The zero-order valence-electron chi connectivity index (χ0n) is 16.4. The van der Waals surface area contributed by atoms with Crippen molar-refractivity contribution in [2.24, 2.45) is 0 Å². The monoisotopic (exact) mass is 388 g/mol. The predicted molar refractivity (Wildman–Crippen MR) is 111 cm³/mol. The molecule has 29 heavy (non-hydrogen) atoms. The van der Waals surface area contributed by atoms with Gasteiger partial charge in [0.15, 0.2) is 5.82 Å². The number of fused-ring (bicyclic) bond motifs is 1. The Kier molecular flexibility index (Phi) is 4.83. The van der Waals surface area contributed by atoms with Gasteiger partial charge in [0.2, 0.25) is 0 Å². The minimum atomic E-state index is 0.307. The smallest absolute Gasteiger partial charge is 0.153 e. The number of furan rings is 1. The van der Waals surface area contributed by atoms with Crippen LogP contribution in [-0.2, 0) is 6.54 Å². The highest BCUT2D eigenvalue weighted by atomic mass is 16.3. The van der Waals surface area contributed by atoms with Crippen LogP contribution in [0.15, 0.2) is 59.2 Å². The number of benzene rings is 2. The zero-order valence-corrected chi connectivity index (χ0v) is 16.4. The van der Waals surface area contributed by atoms with E-state index in [0.29, 0.717) is 18.6 Å². The van der Waals surface area contributed by atoms with Gasteiger partial charge in [0.05, 0.1) is 12.0 Å². The number of tetrazole rings is 1. The highest BCUT2D eigenvalue weighted by Gasteiger charge is 2.26. The van der Waals surface area contributed by atoms with Gasteiger partial charge in [-0.15, -0.1) is 5.10 Å². The highest BCUT2D eigenvalue weighted by molar-refractivity contribution is 5.82. The number of nitrogens with one attached hydrogen (secondary N) is 2. The Morgan fingerprint density at radius 3 is 2.93 bits per heavy atom. The van der Waals surface area contributed by atoms with Crippen LogP contribution in [0.3, 0.4) is 0 Å². The Morgan fingerprint density at radius 1 is 1.21 bits per heavy atom. The first kappa shape index (κ1) is 18.0. The van der Waals surface area contributed by atoms with E-state index in [1.54, 1.807) is 10.9 Å². The summed E-state index contributed by atoms with van der Waals surface area (Å²) in [6.45, 7) is 3.67. The van der Waals surface area contributed by atoms with Crippen molar-refractivity contribution >= 4 is 11.0 Å². The van der Waals surface area contributed by atoms with Crippen molar-refractivity contribution in [3.8, 4) is 5.69 Å². The molecule has 1 aliphatic rings. The van der Waals surface area contributed by atoms with Crippen molar-refractivity contribution in [2.45, 2.75) is 38.4 Å². The SMILES string of the molecule is Cc1nnnn1-c1cc(CN[C@H]2CCCN[C@H]2c2ccccc2)c2occc2c1. The molecule has 1 fully saturated rings. The summed E-state index contributed by atoms with van der Waals surface area (Å²) >= 11 is 0. The standard InChI is InChI=1S/C22H24N6O/c1-15-25-26-27-28(15)19-12-17-9-11-29-22(17)18(13-19)14-24-20-8-5-10-23-21(20)16-6-3-2-4-7-16/h2-4,6-7,9,11-13,20-21,23-24H,5,8,10,14H2,1H3/t20-,21-/m0/s1. The molecule has 2 aromatic carbocycles. The van der Waals surface area contributed by atoms with Crippen molar-refractivity contribution in [3.05, 3.63) is 71.7 Å². The average Bonchev–Trinajstić information content (AvgIpc) is 3.41. The first-order valence-corrected chi connectivity index (χ1v) is 10.1. The number of aromatic nitrogens is 4. The zero-order chi connectivity index (χ0) is 19.6. The molecule has 0 amide bonds. The van der Waals surface area contributed by atoms with E-state index in [0.717, 1.165) is 41.0 Å². The minimum absolute atomic E-state index is 0.307. The van der Waals surface area contributed by atoms with Crippen LogP contribution in [0.2, 0.25) is 0 Å². The van der Waals surface area contributed by atoms with Crippen LogP contribution in [0.1, 0.15) is 35.8 Å². The molecule has 0 spiro atoms. The largest absolute Gasteiger partial charge is 0.464 e. The Bertz CT molecular complexity index is 1100. The van der Waals surface area contributed by atoms with E-state index in [-0.39, 0.29) is 0 Å². The van der Waals surface area contributed by atoms with E-state index >= 15 is 0 Å². The quantitative estimate of drug-likeness (QED) is 0.546. The lowest BCUT2D eigenvalue weighted by molar-refractivity contribution is 0.304. The Balaban J connectivity index is 1.42. The van der Waals surface area contributed by atoms with Crippen molar-refractivity contribution in [2.75, 3.05) is 6.54 Å². The molecule has 0 aliphatic carbocycles. The van der Waals surface area contributed by atoms with Gasteiger partial charge >= 0.3 is 0 Å². The Hall–Kier alpha value is -3.03. The summed E-state index contributed by atoms with van der Waals surface area (Å²) in [5, 5.41) is 20.4. The molecule has 2 atom stereocenters. The Labute approximate surface area is 169 Å². The summed E-state index contributed by atoms with van der Waals surface area (Å²) in [5.74, 6) is 0.757. The molecule has 1 saturated heterocycles. The van der Waals surface area contributed by atoms with Crippen LogP contribution in [0.25, 0.3) is 16.7 Å². The summed E-state index contributed by atoms with van der Waals surface area (Å²) in [6, 6.07) is 17.5. The molecule has 1 aliphatic heterocycles. The van der Waals surface area contributed by atoms with Crippen molar-refractivity contribution in [1.82, 2.24) is 30.8 Å². The van der Waals surface area contributed by atoms with Crippen LogP contribution in [-0.4, -0.2) is 32.8 Å². The molecule has 4 aromatic rings. The first-order valence-electron chi connectivity index (χ1n) is 10.1. The van der Waals surface area contributed by atoms with Gasteiger partial charge in [-0.2, -0.15) is 4.68 Å². The lowest BCUT2D eigenvalue weighted by atomic mass is 9.92. The van der Waals surface area contributed by atoms with E-state index in [1.165, 1.54) is 12.0 Å². The molecule has 7 heteroatoms. The van der Waals surface area contributed by atoms with Gasteiger partial charge in [-0.3, -0.25) is 0 Å². The number of hydrogen-bond donors (Lipinski definition) is 2. The van der Waals surface area contributed by atoms with Crippen LogP contribution >= 0.6 is 0 Å². The molecule has 2 aromatic heterocycles. The van der Waals surface area contributed by atoms with Gasteiger partial charge in [0.25, 0.3) is 0 Å². The molecule has 0 saturated carbocycles. The summed E-state index contributed by atoms with van der Waals surface area (Å²) in [5.41, 5.74) is 4.28. The van der Waals surface area contributed by atoms with Crippen molar-refractivity contribution in [1.29, 1.82) is 0 Å². The highest BCUT2D eigenvalue weighted by Crippen LogP contribution is 2.27. The molecule has 7 nitrogen and oxygen atoms in total. The third-order valence-corrected chi connectivity index (χ3v) is 5.65. The van der Waals surface area contributed by atoms with Crippen LogP contribution < -0.4 is 10.6 Å². The van der Waals surface area contributed by atoms with Crippen LogP contribution in [0, 0.1) is 6.92 Å². The third kappa shape index (κ3) is 3.54. The Morgan fingerprint density at radius 2 is 2.10 bits per heavy atom.